The van der Waals surface area contributed by atoms with E-state index in [2.05, 4.69) is 4.72 Å². The molecule has 1 aliphatic heterocycles. The monoisotopic (exact) mass is 402 g/mol. The van der Waals surface area contributed by atoms with Crippen LogP contribution in [0, 0.1) is 5.92 Å². The SMILES string of the molecule is CCN(CC1CCOC1)C(=O)c1cccc(S(=O)(=O)NCc2ccccc2)c1. The van der Waals surface area contributed by atoms with Crippen LogP contribution in [0.4, 0.5) is 0 Å². The zero-order valence-electron chi connectivity index (χ0n) is 16.0. The van der Waals surface area contributed by atoms with E-state index in [0.717, 1.165) is 18.6 Å². The van der Waals surface area contributed by atoms with Gasteiger partial charge < -0.3 is 9.64 Å². The number of rotatable bonds is 8. The number of carbonyl (C=O) groups is 1. The van der Waals surface area contributed by atoms with Crippen LogP contribution in [0.25, 0.3) is 0 Å². The predicted octanol–water partition coefficient (Wildman–Crippen LogP) is 2.66. The number of sulfonamides is 1. The number of nitrogens with one attached hydrogen (secondary N) is 1. The molecule has 1 heterocycles. The quantitative estimate of drug-likeness (QED) is 0.737. The molecule has 6 nitrogen and oxygen atoms in total. The first-order valence-corrected chi connectivity index (χ1v) is 11.0. The Bertz CT molecular complexity index is 894. The lowest BCUT2D eigenvalue weighted by molar-refractivity contribution is 0.0730. The minimum atomic E-state index is -3.71. The molecule has 0 aromatic heterocycles. The van der Waals surface area contributed by atoms with Gasteiger partial charge in [0.25, 0.3) is 5.91 Å². The summed E-state index contributed by atoms with van der Waals surface area (Å²) >= 11 is 0. The summed E-state index contributed by atoms with van der Waals surface area (Å²) in [5.41, 5.74) is 1.25. The van der Waals surface area contributed by atoms with Crippen LogP contribution in [-0.4, -0.2) is 45.5 Å². The number of hydrogen-bond acceptors (Lipinski definition) is 4. The van der Waals surface area contributed by atoms with E-state index < -0.39 is 10.0 Å². The molecule has 150 valence electrons. The van der Waals surface area contributed by atoms with Crippen molar-refractivity contribution < 1.29 is 17.9 Å². The highest BCUT2D eigenvalue weighted by molar-refractivity contribution is 7.89. The van der Waals surface area contributed by atoms with Gasteiger partial charge in [0.05, 0.1) is 11.5 Å². The first-order chi connectivity index (χ1) is 13.5. The Kier molecular flexibility index (Phi) is 6.83. The third kappa shape index (κ3) is 5.19. The van der Waals surface area contributed by atoms with Crippen molar-refractivity contribution in [2.75, 3.05) is 26.3 Å². The highest BCUT2D eigenvalue weighted by Crippen LogP contribution is 2.18. The van der Waals surface area contributed by atoms with E-state index in [9.17, 15) is 13.2 Å². The molecule has 1 saturated heterocycles. The van der Waals surface area contributed by atoms with Gasteiger partial charge in [0.2, 0.25) is 10.0 Å². The van der Waals surface area contributed by atoms with E-state index in [1.807, 2.05) is 37.3 Å². The van der Waals surface area contributed by atoms with Crippen LogP contribution < -0.4 is 4.72 Å². The molecule has 0 radical (unpaired) electrons. The van der Waals surface area contributed by atoms with Gasteiger partial charge in [-0.15, -0.1) is 0 Å². The molecule has 0 bridgehead atoms. The maximum absolute atomic E-state index is 12.9. The van der Waals surface area contributed by atoms with Gasteiger partial charge in [-0.25, -0.2) is 13.1 Å². The van der Waals surface area contributed by atoms with Crippen LogP contribution in [0.1, 0.15) is 29.3 Å². The lowest BCUT2D eigenvalue weighted by Crippen LogP contribution is -2.35. The Morgan fingerprint density at radius 2 is 1.96 bits per heavy atom. The smallest absolute Gasteiger partial charge is 0.253 e. The van der Waals surface area contributed by atoms with Gasteiger partial charge in [-0.3, -0.25) is 4.79 Å². The molecule has 1 amide bonds. The van der Waals surface area contributed by atoms with Crippen LogP contribution in [-0.2, 0) is 21.3 Å². The fourth-order valence-corrected chi connectivity index (χ4v) is 4.29. The van der Waals surface area contributed by atoms with Crippen molar-refractivity contribution in [3.05, 3.63) is 65.7 Å². The predicted molar refractivity (Wildman–Crippen MR) is 107 cm³/mol. The highest BCUT2D eigenvalue weighted by atomic mass is 32.2. The molecular weight excluding hydrogens is 376 g/mol. The number of carbonyl (C=O) groups excluding carboxylic acids is 1. The second-order valence-corrected chi connectivity index (χ2v) is 8.68. The van der Waals surface area contributed by atoms with Crippen LogP contribution in [0.15, 0.2) is 59.5 Å². The molecule has 1 unspecified atom stereocenters. The zero-order valence-corrected chi connectivity index (χ0v) is 16.8. The molecule has 1 atom stereocenters. The van der Waals surface area contributed by atoms with Gasteiger partial charge in [-0.05, 0) is 37.1 Å². The molecule has 7 heteroatoms. The van der Waals surface area contributed by atoms with E-state index in [1.54, 1.807) is 17.0 Å². The van der Waals surface area contributed by atoms with E-state index in [4.69, 9.17) is 4.74 Å². The van der Waals surface area contributed by atoms with Gasteiger partial charge in [0.15, 0.2) is 0 Å². The summed E-state index contributed by atoms with van der Waals surface area (Å²) in [6.07, 6.45) is 0.946. The van der Waals surface area contributed by atoms with E-state index in [0.29, 0.717) is 31.2 Å². The highest BCUT2D eigenvalue weighted by Gasteiger charge is 2.23. The lowest BCUT2D eigenvalue weighted by Gasteiger charge is -2.24. The van der Waals surface area contributed by atoms with Crippen LogP contribution in [0.3, 0.4) is 0 Å². The van der Waals surface area contributed by atoms with Crippen molar-refractivity contribution >= 4 is 15.9 Å². The molecule has 0 spiro atoms. The molecule has 1 aliphatic rings. The fourth-order valence-electron chi connectivity index (χ4n) is 3.23. The van der Waals surface area contributed by atoms with Crippen molar-refractivity contribution in [2.45, 2.75) is 24.8 Å². The number of nitrogens with zero attached hydrogens (tertiary/aromatic N) is 1. The minimum absolute atomic E-state index is 0.0922. The number of benzene rings is 2. The first-order valence-electron chi connectivity index (χ1n) is 9.50. The second-order valence-electron chi connectivity index (χ2n) is 6.91. The van der Waals surface area contributed by atoms with Gasteiger partial charge >= 0.3 is 0 Å². The third-order valence-corrected chi connectivity index (χ3v) is 6.27. The van der Waals surface area contributed by atoms with Gasteiger partial charge in [-0.2, -0.15) is 0 Å². The fraction of sp³-hybridized carbons (Fsp3) is 0.381. The minimum Gasteiger partial charge on any atom is -0.381 e. The third-order valence-electron chi connectivity index (χ3n) is 4.87. The van der Waals surface area contributed by atoms with Gasteiger partial charge in [-0.1, -0.05) is 36.4 Å². The summed E-state index contributed by atoms with van der Waals surface area (Å²) in [4.78, 5) is 14.7. The molecule has 1 N–H and O–H groups in total. The Morgan fingerprint density at radius 3 is 2.64 bits per heavy atom. The zero-order chi connectivity index (χ0) is 20.0. The number of hydrogen-bond donors (Lipinski definition) is 1. The molecule has 0 aliphatic carbocycles. The topological polar surface area (TPSA) is 75.7 Å². The van der Waals surface area contributed by atoms with Crippen molar-refractivity contribution in [1.82, 2.24) is 9.62 Å². The maximum atomic E-state index is 12.9. The van der Waals surface area contributed by atoms with Crippen LogP contribution in [0.2, 0.25) is 0 Å². The second kappa shape index (κ2) is 9.32. The van der Waals surface area contributed by atoms with Crippen molar-refractivity contribution in [3.63, 3.8) is 0 Å². The maximum Gasteiger partial charge on any atom is 0.253 e. The number of amides is 1. The average Bonchev–Trinajstić information content (AvgIpc) is 3.24. The van der Waals surface area contributed by atoms with Crippen LogP contribution >= 0.6 is 0 Å². The molecule has 0 saturated carbocycles. The van der Waals surface area contributed by atoms with Gasteiger partial charge in [0.1, 0.15) is 0 Å². The van der Waals surface area contributed by atoms with Gasteiger partial charge in [0, 0.05) is 37.7 Å². The normalized spacial score (nSPS) is 16.8. The van der Waals surface area contributed by atoms with E-state index in [-0.39, 0.29) is 17.3 Å². The largest absolute Gasteiger partial charge is 0.381 e. The molecule has 1 fully saturated rings. The summed E-state index contributed by atoms with van der Waals surface area (Å²) in [5.74, 6) is 0.179. The van der Waals surface area contributed by atoms with Crippen molar-refractivity contribution in [2.24, 2.45) is 5.92 Å². The summed E-state index contributed by atoms with van der Waals surface area (Å²) in [7, 11) is -3.71. The van der Waals surface area contributed by atoms with E-state index >= 15 is 0 Å². The number of ether oxygens (including phenoxy) is 1. The average molecular weight is 403 g/mol. The molecule has 2 aromatic carbocycles. The Labute approximate surface area is 166 Å². The lowest BCUT2D eigenvalue weighted by atomic mass is 10.1. The molecule has 3 rings (SSSR count). The van der Waals surface area contributed by atoms with Crippen LogP contribution in [0.5, 0.6) is 0 Å². The first kappa shape index (κ1) is 20.5. The summed E-state index contributed by atoms with van der Waals surface area (Å²) in [5, 5.41) is 0. The Hall–Kier alpha value is -2.22. The standard InChI is InChI=1S/C21H26N2O4S/c1-2-23(15-18-11-12-27-16-18)21(24)19-9-6-10-20(13-19)28(25,26)22-14-17-7-4-3-5-8-17/h3-10,13,18,22H,2,11-12,14-16H2,1H3. The molecular formula is C21H26N2O4S. The summed E-state index contributed by atoms with van der Waals surface area (Å²) in [6.45, 7) is 4.72. The molecule has 28 heavy (non-hydrogen) atoms. The Morgan fingerprint density at radius 1 is 1.18 bits per heavy atom. The van der Waals surface area contributed by atoms with E-state index in [1.165, 1.54) is 12.1 Å². The Balaban J connectivity index is 1.71. The summed E-state index contributed by atoms with van der Waals surface area (Å²) in [6, 6.07) is 15.5. The summed E-state index contributed by atoms with van der Waals surface area (Å²) < 4.78 is 33.3. The van der Waals surface area contributed by atoms with Crippen molar-refractivity contribution in [1.29, 1.82) is 0 Å². The molecule has 2 aromatic rings. The van der Waals surface area contributed by atoms with Crippen molar-refractivity contribution in [3.8, 4) is 0 Å².